The van der Waals surface area contributed by atoms with Crippen molar-refractivity contribution in [1.82, 2.24) is 9.97 Å². The highest BCUT2D eigenvalue weighted by Gasteiger charge is 2.20. The van der Waals surface area contributed by atoms with Gasteiger partial charge in [-0.3, -0.25) is 9.78 Å². The normalized spacial score (nSPS) is 12.8. The van der Waals surface area contributed by atoms with Crippen LogP contribution in [0.2, 0.25) is 0 Å². The van der Waals surface area contributed by atoms with Gasteiger partial charge in [0.25, 0.3) is 5.91 Å². The molecule has 0 radical (unpaired) electrons. The molecule has 3 aromatic rings. The zero-order chi connectivity index (χ0) is 20.2. The first kappa shape index (κ1) is 18.7. The standard InChI is InChI=1S/C22H22N4O3/c1-28-19-10-15-7-9-26(14-17(15)11-20(19)29-2)21-6-5-18(13-24-21)25-22(27)16-4-3-8-23-12-16/h3-6,8,10-13H,7,9,14H2,1-2H3,(H,25,27). The van der Waals surface area contributed by atoms with Crippen molar-refractivity contribution in [2.75, 3.05) is 31.0 Å². The lowest BCUT2D eigenvalue weighted by molar-refractivity contribution is 0.102. The quantitative estimate of drug-likeness (QED) is 0.720. The van der Waals surface area contributed by atoms with Crippen LogP contribution in [-0.2, 0) is 13.0 Å². The van der Waals surface area contributed by atoms with Crippen LogP contribution in [0.1, 0.15) is 21.5 Å². The van der Waals surface area contributed by atoms with Gasteiger partial charge in [-0.05, 0) is 53.9 Å². The molecule has 7 heteroatoms. The van der Waals surface area contributed by atoms with Crippen molar-refractivity contribution in [3.8, 4) is 11.5 Å². The predicted octanol–water partition coefficient (Wildman–Crippen LogP) is 3.31. The summed E-state index contributed by atoms with van der Waals surface area (Å²) in [6, 6.07) is 11.3. The fourth-order valence-electron chi connectivity index (χ4n) is 3.43. The third-order valence-corrected chi connectivity index (χ3v) is 4.97. The summed E-state index contributed by atoms with van der Waals surface area (Å²) in [6.45, 7) is 1.60. The molecule has 1 aromatic carbocycles. The van der Waals surface area contributed by atoms with Crippen LogP contribution in [0.5, 0.6) is 11.5 Å². The van der Waals surface area contributed by atoms with Crippen molar-refractivity contribution in [3.05, 3.63) is 71.7 Å². The highest BCUT2D eigenvalue weighted by molar-refractivity contribution is 6.03. The van der Waals surface area contributed by atoms with E-state index in [2.05, 4.69) is 26.3 Å². The van der Waals surface area contributed by atoms with Gasteiger partial charge in [0.15, 0.2) is 11.5 Å². The Morgan fingerprint density at radius 1 is 1.07 bits per heavy atom. The number of rotatable bonds is 5. The minimum atomic E-state index is -0.208. The van der Waals surface area contributed by atoms with Gasteiger partial charge in [-0.15, -0.1) is 0 Å². The topological polar surface area (TPSA) is 76.6 Å². The number of hydrogen-bond donors (Lipinski definition) is 1. The van der Waals surface area contributed by atoms with Gasteiger partial charge in [-0.2, -0.15) is 0 Å². The number of carbonyl (C=O) groups is 1. The number of aromatic nitrogens is 2. The molecule has 0 atom stereocenters. The van der Waals surface area contributed by atoms with Gasteiger partial charge in [0.2, 0.25) is 0 Å². The zero-order valence-electron chi connectivity index (χ0n) is 16.4. The van der Waals surface area contributed by atoms with Gasteiger partial charge in [0.05, 0.1) is 31.7 Å². The van der Waals surface area contributed by atoms with Gasteiger partial charge in [0.1, 0.15) is 5.82 Å². The maximum Gasteiger partial charge on any atom is 0.257 e. The van der Waals surface area contributed by atoms with Crippen LogP contribution < -0.4 is 19.7 Å². The van der Waals surface area contributed by atoms with Crippen molar-refractivity contribution in [2.24, 2.45) is 0 Å². The van der Waals surface area contributed by atoms with Crippen LogP contribution in [-0.4, -0.2) is 36.6 Å². The lowest BCUT2D eigenvalue weighted by Crippen LogP contribution is -2.31. The molecule has 0 unspecified atom stereocenters. The number of nitrogens with one attached hydrogen (secondary N) is 1. The average Bonchev–Trinajstić information content (AvgIpc) is 2.78. The second-order valence-corrected chi connectivity index (χ2v) is 6.75. The summed E-state index contributed by atoms with van der Waals surface area (Å²) in [4.78, 5) is 23.0. The molecular weight excluding hydrogens is 368 g/mol. The molecule has 0 fully saturated rings. The summed E-state index contributed by atoms with van der Waals surface area (Å²) in [6.07, 6.45) is 5.74. The Morgan fingerprint density at radius 3 is 2.52 bits per heavy atom. The van der Waals surface area contributed by atoms with Gasteiger partial charge >= 0.3 is 0 Å². The van der Waals surface area contributed by atoms with Gasteiger partial charge in [-0.25, -0.2) is 4.98 Å². The van der Waals surface area contributed by atoms with Crippen LogP contribution in [0.25, 0.3) is 0 Å². The Balaban J connectivity index is 1.47. The van der Waals surface area contributed by atoms with Gasteiger partial charge in [-0.1, -0.05) is 0 Å². The summed E-state index contributed by atoms with van der Waals surface area (Å²) in [5, 5.41) is 2.84. The number of pyridine rings is 2. The molecule has 0 spiro atoms. The largest absolute Gasteiger partial charge is 0.493 e. The van der Waals surface area contributed by atoms with E-state index in [1.165, 1.54) is 17.3 Å². The molecule has 0 aliphatic carbocycles. The lowest BCUT2D eigenvalue weighted by Gasteiger charge is -2.30. The number of carbonyl (C=O) groups excluding carboxylic acids is 1. The molecule has 148 valence electrons. The Bertz CT molecular complexity index is 1010. The van der Waals surface area contributed by atoms with E-state index in [4.69, 9.17) is 9.47 Å². The summed E-state index contributed by atoms with van der Waals surface area (Å²) in [5.74, 6) is 2.14. The summed E-state index contributed by atoms with van der Waals surface area (Å²) in [7, 11) is 3.29. The number of anilines is 2. The predicted molar refractivity (Wildman–Crippen MR) is 111 cm³/mol. The smallest absolute Gasteiger partial charge is 0.257 e. The highest BCUT2D eigenvalue weighted by Crippen LogP contribution is 2.34. The molecule has 1 N–H and O–H groups in total. The molecule has 1 aliphatic heterocycles. The second-order valence-electron chi connectivity index (χ2n) is 6.75. The van der Waals surface area contributed by atoms with Crippen LogP contribution in [0.4, 0.5) is 11.5 Å². The fourth-order valence-corrected chi connectivity index (χ4v) is 3.43. The van der Waals surface area contributed by atoms with E-state index in [0.717, 1.165) is 36.8 Å². The van der Waals surface area contributed by atoms with E-state index in [0.29, 0.717) is 11.3 Å². The number of ether oxygens (including phenoxy) is 2. The highest BCUT2D eigenvalue weighted by atomic mass is 16.5. The summed E-state index contributed by atoms with van der Waals surface area (Å²) < 4.78 is 10.8. The molecule has 3 heterocycles. The maximum atomic E-state index is 12.2. The van der Waals surface area contributed by atoms with Gasteiger partial charge in [0, 0.05) is 25.5 Å². The third kappa shape index (κ3) is 3.99. The number of methoxy groups -OCH3 is 2. The minimum Gasteiger partial charge on any atom is -0.493 e. The van der Waals surface area contributed by atoms with E-state index in [-0.39, 0.29) is 5.91 Å². The fraction of sp³-hybridized carbons (Fsp3) is 0.227. The first-order valence-corrected chi connectivity index (χ1v) is 9.34. The molecular formula is C22H22N4O3. The van der Waals surface area contributed by atoms with Crippen molar-refractivity contribution in [2.45, 2.75) is 13.0 Å². The number of fused-ring (bicyclic) bond motifs is 1. The van der Waals surface area contributed by atoms with E-state index in [1.54, 1.807) is 38.7 Å². The molecule has 1 aliphatic rings. The number of amides is 1. The van der Waals surface area contributed by atoms with Crippen LogP contribution >= 0.6 is 0 Å². The number of benzene rings is 1. The van der Waals surface area contributed by atoms with Crippen molar-refractivity contribution >= 4 is 17.4 Å². The Labute approximate surface area is 169 Å². The average molecular weight is 390 g/mol. The molecule has 0 bridgehead atoms. The Hall–Kier alpha value is -3.61. The Morgan fingerprint density at radius 2 is 1.86 bits per heavy atom. The van der Waals surface area contributed by atoms with Crippen LogP contribution in [0.3, 0.4) is 0 Å². The molecule has 1 amide bonds. The van der Waals surface area contributed by atoms with Crippen molar-refractivity contribution in [3.63, 3.8) is 0 Å². The molecule has 29 heavy (non-hydrogen) atoms. The number of hydrogen-bond acceptors (Lipinski definition) is 6. The van der Waals surface area contributed by atoms with E-state index in [1.807, 2.05) is 18.2 Å². The van der Waals surface area contributed by atoms with Crippen molar-refractivity contribution < 1.29 is 14.3 Å². The zero-order valence-corrected chi connectivity index (χ0v) is 16.4. The minimum absolute atomic E-state index is 0.208. The van der Waals surface area contributed by atoms with E-state index >= 15 is 0 Å². The van der Waals surface area contributed by atoms with Crippen molar-refractivity contribution in [1.29, 1.82) is 0 Å². The van der Waals surface area contributed by atoms with E-state index < -0.39 is 0 Å². The van der Waals surface area contributed by atoms with Crippen LogP contribution in [0, 0.1) is 0 Å². The first-order chi connectivity index (χ1) is 14.2. The molecule has 0 saturated heterocycles. The molecule has 0 saturated carbocycles. The third-order valence-electron chi connectivity index (χ3n) is 4.97. The molecule has 4 rings (SSSR count). The molecule has 2 aromatic heterocycles. The maximum absolute atomic E-state index is 12.2. The van der Waals surface area contributed by atoms with Gasteiger partial charge < -0.3 is 19.7 Å². The number of nitrogens with zero attached hydrogens (tertiary/aromatic N) is 3. The monoisotopic (exact) mass is 390 g/mol. The van der Waals surface area contributed by atoms with Crippen LogP contribution in [0.15, 0.2) is 55.0 Å². The summed E-state index contributed by atoms with van der Waals surface area (Å²) in [5.41, 5.74) is 3.61. The second kappa shape index (κ2) is 8.18. The van der Waals surface area contributed by atoms with E-state index in [9.17, 15) is 4.79 Å². The molecule has 7 nitrogen and oxygen atoms in total. The first-order valence-electron chi connectivity index (χ1n) is 9.34. The Kier molecular flexibility index (Phi) is 5.29. The summed E-state index contributed by atoms with van der Waals surface area (Å²) >= 11 is 0. The lowest BCUT2D eigenvalue weighted by atomic mass is 9.99. The SMILES string of the molecule is COc1cc2c(cc1OC)CN(c1ccc(NC(=O)c3cccnc3)cn1)CC2.